The molecule has 1 aromatic carbocycles. The lowest BCUT2D eigenvalue weighted by Gasteiger charge is -2.21. The number of rotatable bonds is 6. The molecule has 0 amide bonds. The minimum absolute atomic E-state index is 0.259. The van der Waals surface area contributed by atoms with Gasteiger partial charge in [0.1, 0.15) is 0 Å². The zero-order chi connectivity index (χ0) is 12.8. The van der Waals surface area contributed by atoms with Crippen molar-refractivity contribution < 1.29 is 0 Å². The van der Waals surface area contributed by atoms with Crippen molar-refractivity contribution in [3.63, 3.8) is 0 Å². The lowest BCUT2D eigenvalue weighted by Crippen LogP contribution is -2.23. The van der Waals surface area contributed by atoms with Crippen LogP contribution in [0.4, 0.5) is 5.69 Å². The van der Waals surface area contributed by atoms with E-state index in [0.29, 0.717) is 0 Å². The molecule has 1 aromatic rings. The fourth-order valence-electron chi connectivity index (χ4n) is 1.85. The Bertz CT molecular complexity index is 369. The summed E-state index contributed by atoms with van der Waals surface area (Å²) in [6, 6.07) is 8.87. The van der Waals surface area contributed by atoms with E-state index in [9.17, 15) is 0 Å². The highest BCUT2D eigenvalue weighted by Gasteiger charge is 2.11. The third-order valence-corrected chi connectivity index (χ3v) is 2.81. The van der Waals surface area contributed by atoms with E-state index in [1.807, 2.05) is 0 Å². The first-order chi connectivity index (χ1) is 8.06. The summed E-state index contributed by atoms with van der Waals surface area (Å²) < 4.78 is 0. The summed E-state index contributed by atoms with van der Waals surface area (Å²) in [6.45, 7) is 9.36. The van der Waals surface area contributed by atoms with E-state index < -0.39 is 0 Å². The Hall–Kier alpha value is -1.28. The van der Waals surface area contributed by atoms with E-state index in [0.717, 1.165) is 18.5 Å². The summed E-state index contributed by atoms with van der Waals surface area (Å²) in [4.78, 5) is 2.12. The van der Waals surface area contributed by atoms with Crippen molar-refractivity contribution in [1.82, 2.24) is 5.32 Å². The number of hydrogen-bond acceptors (Lipinski definition) is 2. The van der Waals surface area contributed by atoms with E-state index in [4.69, 9.17) is 0 Å². The summed E-state index contributed by atoms with van der Waals surface area (Å²) in [5, 5.41) is 3.53. The van der Waals surface area contributed by atoms with Crippen LogP contribution in [0, 0.1) is 0 Å². The molecule has 1 unspecified atom stereocenters. The SMILES string of the molecule is C=C(C)C(NCCC)c1cccc(N(C)C)c1. The molecule has 2 nitrogen and oxygen atoms in total. The Balaban J connectivity index is 2.93. The van der Waals surface area contributed by atoms with Gasteiger partial charge < -0.3 is 10.2 Å². The second-order valence-corrected chi connectivity index (χ2v) is 4.72. The third kappa shape index (κ3) is 3.90. The Morgan fingerprint density at radius 2 is 2.12 bits per heavy atom. The van der Waals surface area contributed by atoms with Crippen molar-refractivity contribution >= 4 is 5.69 Å². The number of benzene rings is 1. The summed E-state index contributed by atoms with van der Waals surface area (Å²) in [5.74, 6) is 0. The van der Waals surface area contributed by atoms with Crippen LogP contribution in [0.2, 0.25) is 0 Å². The Labute approximate surface area is 105 Å². The molecule has 1 rings (SSSR count). The number of nitrogens with zero attached hydrogens (tertiary/aromatic N) is 1. The fourth-order valence-corrected chi connectivity index (χ4v) is 1.85. The van der Waals surface area contributed by atoms with Gasteiger partial charge in [0.2, 0.25) is 0 Å². The van der Waals surface area contributed by atoms with Gasteiger partial charge in [0.15, 0.2) is 0 Å². The minimum atomic E-state index is 0.259. The molecule has 0 aliphatic heterocycles. The highest BCUT2D eigenvalue weighted by atomic mass is 15.1. The highest BCUT2D eigenvalue weighted by Crippen LogP contribution is 2.23. The molecule has 0 heterocycles. The number of anilines is 1. The van der Waals surface area contributed by atoms with Crippen LogP contribution in [0.25, 0.3) is 0 Å². The molecule has 1 N–H and O–H groups in total. The average molecular weight is 232 g/mol. The predicted molar refractivity (Wildman–Crippen MR) is 76.6 cm³/mol. The van der Waals surface area contributed by atoms with Crippen LogP contribution >= 0.6 is 0 Å². The maximum atomic E-state index is 4.08. The molecule has 0 radical (unpaired) electrons. The van der Waals surface area contributed by atoms with Gasteiger partial charge in [-0.2, -0.15) is 0 Å². The van der Waals surface area contributed by atoms with Gasteiger partial charge in [0, 0.05) is 19.8 Å². The van der Waals surface area contributed by atoms with Gasteiger partial charge in [-0.15, -0.1) is 0 Å². The topological polar surface area (TPSA) is 15.3 Å². The molecule has 0 saturated carbocycles. The average Bonchev–Trinajstić information content (AvgIpc) is 2.29. The molecule has 17 heavy (non-hydrogen) atoms. The first-order valence-electron chi connectivity index (χ1n) is 6.22. The maximum absolute atomic E-state index is 4.08. The number of nitrogens with one attached hydrogen (secondary N) is 1. The lowest BCUT2D eigenvalue weighted by molar-refractivity contribution is 0.591. The molecule has 0 aromatic heterocycles. The molecule has 0 aliphatic rings. The molecule has 0 aliphatic carbocycles. The van der Waals surface area contributed by atoms with Crippen molar-refractivity contribution in [1.29, 1.82) is 0 Å². The highest BCUT2D eigenvalue weighted by molar-refractivity contribution is 5.48. The molecule has 0 fully saturated rings. The summed E-state index contributed by atoms with van der Waals surface area (Å²) in [5.41, 5.74) is 3.68. The van der Waals surface area contributed by atoms with Gasteiger partial charge in [-0.3, -0.25) is 0 Å². The van der Waals surface area contributed by atoms with Crippen LogP contribution in [-0.2, 0) is 0 Å². The van der Waals surface area contributed by atoms with Crippen LogP contribution in [0.15, 0.2) is 36.4 Å². The third-order valence-electron chi connectivity index (χ3n) is 2.81. The maximum Gasteiger partial charge on any atom is 0.0531 e. The second kappa shape index (κ2) is 6.45. The normalized spacial score (nSPS) is 12.2. The second-order valence-electron chi connectivity index (χ2n) is 4.72. The van der Waals surface area contributed by atoms with Crippen LogP contribution in [0.1, 0.15) is 31.9 Å². The summed E-state index contributed by atoms with van der Waals surface area (Å²) in [7, 11) is 4.13. The van der Waals surface area contributed by atoms with Gasteiger partial charge in [-0.25, -0.2) is 0 Å². The first kappa shape index (κ1) is 13.8. The Kier molecular flexibility index (Phi) is 5.23. The van der Waals surface area contributed by atoms with Crippen LogP contribution in [-0.4, -0.2) is 20.6 Å². The van der Waals surface area contributed by atoms with Gasteiger partial charge in [-0.05, 0) is 37.6 Å². The smallest absolute Gasteiger partial charge is 0.0531 e. The first-order valence-corrected chi connectivity index (χ1v) is 6.22. The molecule has 2 heteroatoms. The van der Waals surface area contributed by atoms with Crippen molar-refractivity contribution in [2.75, 3.05) is 25.5 Å². The quantitative estimate of drug-likeness (QED) is 0.757. The van der Waals surface area contributed by atoms with E-state index in [1.54, 1.807) is 0 Å². The van der Waals surface area contributed by atoms with Gasteiger partial charge in [-0.1, -0.05) is 31.2 Å². The van der Waals surface area contributed by atoms with E-state index in [2.05, 4.69) is 69.0 Å². The van der Waals surface area contributed by atoms with Crippen molar-refractivity contribution in [3.8, 4) is 0 Å². The summed E-state index contributed by atoms with van der Waals surface area (Å²) >= 11 is 0. The fraction of sp³-hybridized carbons (Fsp3) is 0.467. The lowest BCUT2D eigenvalue weighted by atomic mass is 10.00. The van der Waals surface area contributed by atoms with Gasteiger partial charge >= 0.3 is 0 Å². The zero-order valence-electron chi connectivity index (χ0n) is 11.5. The van der Waals surface area contributed by atoms with Crippen LogP contribution in [0.5, 0.6) is 0 Å². The van der Waals surface area contributed by atoms with E-state index >= 15 is 0 Å². The molecule has 94 valence electrons. The standard InChI is InChI=1S/C15H24N2/c1-6-10-16-15(12(2)3)13-8-7-9-14(11-13)17(4)5/h7-9,11,15-16H,2,6,10H2,1,3-5H3. The van der Waals surface area contributed by atoms with Crippen LogP contribution < -0.4 is 10.2 Å². The van der Waals surface area contributed by atoms with E-state index in [-0.39, 0.29) is 6.04 Å². The Morgan fingerprint density at radius 3 is 2.65 bits per heavy atom. The van der Waals surface area contributed by atoms with Crippen molar-refractivity contribution in [2.24, 2.45) is 0 Å². The largest absolute Gasteiger partial charge is 0.378 e. The molecular formula is C15H24N2. The predicted octanol–water partition coefficient (Wildman–Crippen LogP) is 3.37. The van der Waals surface area contributed by atoms with Crippen LogP contribution in [0.3, 0.4) is 0 Å². The minimum Gasteiger partial charge on any atom is -0.378 e. The summed E-state index contributed by atoms with van der Waals surface area (Å²) in [6.07, 6.45) is 1.14. The zero-order valence-corrected chi connectivity index (χ0v) is 11.5. The molecular weight excluding hydrogens is 208 g/mol. The number of hydrogen-bond donors (Lipinski definition) is 1. The molecule has 1 atom stereocenters. The van der Waals surface area contributed by atoms with Gasteiger partial charge in [0.05, 0.1) is 6.04 Å². The van der Waals surface area contributed by atoms with Crippen molar-refractivity contribution in [3.05, 3.63) is 42.0 Å². The molecule has 0 saturated heterocycles. The van der Waals surface area contributed by atoms with Crippen molar-refractivity contribution in [2.45, 2.75) is 26.3 Å². The van der Waals surface area contributed by atoms with Gasteiger partial charge in [0.25, 0.3) is 0 Å². The Morgan fingerprint density at radius 1 is 1.41 bits per heavy atom. The monoisotopic (exact) mass is 232 g/mol. The molecule has 0 spiro atoms. The molecule has 0 bridgehead atoms. The van der Waals surface area contributed by atoms with E-state index in [1.165, 1.54) is 11.3 Å².